The molecule has 0 aromatic rings. The van der Waals surface area contributed by atoms with Crippen molar-refractivity contribution in [3.63, 3.8) is 0 Å². The average molecular weight is 238 g/mol. The predicted octanol–water partition coefficient (Wildman–Crippen LogP) is 2.00. The van der Waals surface area contributed by atoms with Crippen molar-refractivity contribution in [3.05, 3.63) is 25.6 Å². The molecule has 96 valence electrons. The Morgan fingerprint density at radius 3 is 1.47 bits per heavy atom. The molecule has 0 fully saturated rings. The van der Waals surface area contributed by atoms with E-state index in [9.17, 15) is 9.59 Å². The molecule has 17 heavy (non-hydrogen) atoms. The maximum absolute atomic E-state index is 11.3. The first-order valence-electron chi connectivity index (χ1n) is 5.53. The van der Waals surface area contributed by atoms with Gasteiger partial charge >= 0.3 is 0 Å². The third kappa shape index (κ3) is 5.33. The van der Waals surface area contributed by atoms with E-state index in [1.54, 1.807) is 9.80 Å². The first-order chi connectivity index (χ1) is 7.73. The topological polar surface area (TPSA) is 40.6 Å². The minimum absolute atomic E-state index is 0.0546. The molecule has 2 amide bonds. The van der Waals surface area contributed by atoms with Crippen LogP contribution in [0.1, 0.15) is 27.7 Å². The predicted molar refractivity (Wildman–Crippen MR) is 68.9 cm³/mol. The molecular formula is C13H22N2O2. The number of hydrogen-bond donors (Lipinski definition) is 0. The molecule has 0 atom stereocenters. The van der Waals surface area contributed by atoms with Gasteiger partial charge in [-0.05, 0) is 12.4 Å². The zero-order valence-electron chi connectivity index (χ0n) is 11.2. The number of amides is 2. The van der Waals surface area contributed by atoms with Crippen molar-refractivity contribution in [3.8, 4) is 0 Å². The van der Waals surface area contributed by atoms with Crippen LogP contribution in [0, 0.1) is 5.41 Å². The maximum Gasteiger partial charge on any atom is 0.223 e. The zero-order valence-corrected chi connectivity index (χ0v) is 11.2. The van der Waals surface area contributed by atoms with Gasteiger partial charge in [-0.1, -0.05) is 27.0 Å². The highest BCUT2D eigenvalue weighted by Gasteiger charge is 2.25. The largest absolute Gasteiger partial charge is 0.319 e. The molecule has 0 aromatic heterocycles. The Labute approximate surface area is 104 Å². The van der Waals surface area contributed by atoms with E-state index < -0.39 is 0 Å². The third-order valence-corrected chi connectivity index (χ3v) is 2.45. The molecule has 0 saturated heterocycles. The summed E-state index contributed by atoms with van der Waals surface area (Å²) in [6.45, 7) is 15.2. The van der Waals surface area contributed by atoms with Crippen LogP contribution < -0.4 is 0 Å². The summed E-state index contributed by atoms with van der Waals surface area (Å²) < 4.78 is 0. The highest BCUT2D eigenvalue weighted by molar-refractivity contribution is 5.75. The Hall–Kier alpha value is -1.58. The van der Waals surface area contributed by atoms with Crippen LogP contribution in [-0.2, 0) is 9.59 Å². The second-order valence-corrected chi connectivity index (χ2v) is 4.82. The van der Waals surface area contributed by atoms with Crippen molar-refractivity contribution in [2.24, 2.45) is 5.41 Å². The molecule has 0 N–H and O–H groups in total. The van der Waals surface area contributed by atoms with Gasteiger partial charge in [-0.15, -0.1) is 0 Å². The van der Waals surface area contributed by atoms with Gasteiger partial charge in [-0.2, -0.15) is 0 Å². The SMILES string of the molecule is C=CN(CC(C)(C)CN(C=C)C(C)=O)C(C)=O. The molecule has 0 aliphatic rings. The lowest BCUT2D eigenvalue weighted by atomic mass is 9.92. The van der Waals surface area contributed by atoms with E-state index in [0.717, 1.165) is 0 Å². The van der Waals surface area contributed by atoms with Crippen LogP contribution in [0.3, 0.4) is 0 Å². The monoisotopic (exact) mass is 238 g/mol. The number of nitrogens with zero attached hydrogens (tertiary/aromatic N) is 2. The second-order valence-electron chi connectivity index (χ2n) is 4.82. The summed E-state index contributed by atoms with van der Waals surface area (Å²) in [6, 6.07) is 0. The Balaban J connectivity index is 4.66. The minimum atomic E-state index is -0.223. The highest BCUT2D eigenvalue weighted by atomic mass is 16.2. The van der Waals surface area contributed by atoms with Crippen LogP contribution in [0.4, 0.5) is 0 Å². The third-order valence-electron chi connectivity index (χ3n) is 2.45. The van der Waals surface area contributed by atoms with Crippen molar-refractivity contribution in [2.45, 2.75) is 27.7 Å². The summed E-state index contributed by atoms with van der Waals surface area (Å²) in [6.07, 6.45) is 3.02. The van der Waals surface area contributed by atoms with E-state index in [0.29, 0.717) is 13.1 Å². The maximum atomic E-state index is 11.3. The molecule has 0 unspecified atom stereocenters. The molecule has 4 heteroatoms. The number of hydrogen-bond acceptors (Lipinski definition) is 2. The van der Waals surface area contributed by atoms with E-state index in [2.05, 4.69) is 13.2 Å². The van der Waals surface area contributed by atoms with Gasteiger partial charge in [0.05, 0.1) is 0 Å². The van der Waals surface area contributed by atoms with Crippen LogP contribution in [0.25, 0.3) is 0 Å². The van der Waals surface area contributed by atoms with E-state index in [1.165, 1.54) is 26.2 Å². The summed E-state index contributed by atoms with van der Waals surface area (Å²) in [5.41, 5.74) is -0.223. The van der Waals surface area contributed by atoms with Gasteiger partial charge in [0.1, 0.15) is 0 Å². The molecule has 0 spiro atoms. The molecular weight excluding hydrogens is 216 g/mol. The quantitative estimate of drug-likeness (QED) is 0.710. The lowest BCUT2D eigenvalue weighted by molar-refractivity contribution is -0.128. The van der Waals surface area contributed by atoms with Gasteiger partial charge in [0.15, 0.2) is 0 Å². The summed E-state index contributed by atoms with van der Waals surface area (Å²) in [7, 11) is 0. The first-order valence-corrected chi connectivity index (χ1v) is 5.53. The van der Waals surface area contributed by atoms with Gasteiger partial charge in [0, 0.05) is 32.4 Å². The minimum Gasteiger partial charge on any atom is -0.319 e. The molecule has 0 aliphatic carbocycles. The molecule has 0 radical (unpaired) electrons. The van der Waals surface area contributed by atoms with E-state index >= 15 is 0 Å². The summed E-state index contributed by atoms with van der Waals surface area (Å²) in [5.74, 6) is -0.109. The van der Waals surface area contributed by atoms with Crippen LogP contribution in [-0.4, -0.2) is 34.7 Å². The lowest BCUT2D eigenvalue weighted by Crippen LogP contribution is -2.41. The summed E-state index contributed by atoms with van der Waals surface area (Å²) >= 11 is 0. The fourth-order valence-electron chi connectivity index (χ4n) is 1.58. The highest BCUT2D eigenvalue weighted by Crippen LogP contribution is 2.19. The van der Waals surface area contributed by atoms with Crippen LogP contribution in [0.2, 0.25) is 0 Å². The molecule has 0 aliphatic heterocycles. The van der Waals surface area contributed by atoms with Crippen molar-refractivity contribution < 1.29 is 9.59 Å². The fourth-order valence-corrected chi connectivity index (χ4v) is 1.58. The first kappa shape index (κ1) is 15.4. The van der Waals surface area contributed by atoms with Gasteiger partial charge in [0.2, 0.25) is 11.8 Å². The number of carbonyl (C=O) groups is 2. The Morgan fingerprint density at radius 2 is 1.29 bits per heavy atom. The van der Waals surface area contributed by atoms with Gasteiger partial charge in [-0.3, -0.25) is 9.59 Å². The average Bonchev–Trinajstić information content (AvgIpc) is 2.22. The van der Waals surface area contributed by atoms with E-state index in [-0.39, 0.29) is 17.2 Å². The molecule has 0 rings (SSSR count). The van der Waals surface area contributed by atoms with E-state index in [1.807, 2.05) is 13.8 Å². The van der Waals surface area contributed by atoms with Crippen LogP contribution in [0.5, 0.6) is 0 Å². The second kappa shape index (κ2) is 6.23. The molecule has 4 nitrogen and oxygen atoms in total. The number of carbonyl (C=O) groups excluding carboxylic acids is 2. The molecule has 0 heterocycles. The van der Waals surface area contributed by atoms with Crippen molar-refractivity contribution >= 4 is 11.8 Å². The lowest BCUT2D eigenvalue weighted by Gasteiger charge is -2.33. The fraction of sp³-hybridized carbons (Fsp3) is 0.538. The zero-order chi connectivity index (χ0) is 13.6. The summed E-state index contributed by atoms with van der Waals surface area (Å²) in [4.78, 5) is 25.7. The van der Waals surface area contributed by atoms with Gasteiger partial charge in [-0.25, -0.2) is 0 Å². The smallest absolute Gasteiger partial charge is 0.223 e. The van der Waals surface area contributed by atoms with Gasteiger partial charge in [0.25, 0.3) is 0 Å². The van der Waals surface area contributed by atoms with Crippen molar-refractivity contribution in [2.75, 3.05) is 13.1 Å². The number of rotatable bonds is 6. The standard InChI is InChI=1S/C13H22N2O2/c1-7-14(11(3)16)9-13(5,6)10-15(8-2)12(4)17/h7-8H,1-2,9-10H2,3-6H3. The van der Waals surface area contributed by atoms with Crippen molar-refractivity contribution in [1.29, 1.82) is 0 Å². The van der Waals surface area contributed by atoms with Crippen LogP contribution in [0.15, 0.2) is 25.6 Å². The van der Waals surface area contributed by atoms with Crippen molar-refractivity contribution in [1.82, 2.24) is 9.80 Å². The van der Waals surface area contributed by atoms with Crippen LogP contribution >= 0.6 is 0 Å². The van der Waals surface area contributed by atoms with Gasteiger partial charge < -0.3 is 9.80 Å². The Kier molecular flexibility index (Phi) is 5.65. The summed E-state index contributed by atoms with van der Waals surface area (Å²) in [5, 5.41) is 0. The van der Waals surface area contributed by atoms with E-state index in [4.69, 9.17) is 0 Å². The molecule has 0 saturated carbocycles. The Bertz CT molecular complexity index is 291. The normalized spacial score (nSPS) is 10.6. The Morgan fingerprint density at radius 1 is 1.00 bits per heavy atom. The molecule has 0 bridgehead atoms. The molecule has 0 aromatic carbocycles.